The van der Waals surface area contributed by atoms with Crippen molar-refractivity contribution in [3.8, 4) is 5.75 Å². The van der Waals surface area contributed by atoms with E-state index in [1.807, 2.05) is 19.2 Å². The lowest BCUT2D eigenvalue weighted by Gasteiger charge is -2.30. The molecule has 0 heterocycles. The normalized spacial score (nSPS) is 12.5. The first kappa shape index (κ1) is 16.0. The Kier molecular flexibility index (Phi) is 5.39. The molecule has 0 fully saturated rings. The fraction of sp³-hybridized carbons (Fsp3) is 0.625. The Balaban J connectivity index is 2.59. The van der Waals surface area contributed by atoms with Gasteiger partial charge in [-0.25, -0.2) is 0 Å². The van der Waals surface area contributed by atoms with Crippen molar-refractivity contribution in [2.45, 2.75) is 38.6 Å². The molecule has 1 aromatic carbocycles. The minimum absolute atomic E-state index is 0.107. The SMILES string of the molecule is CNC(C)(C)CNCC(C)(C)c1ccc(OC)cc1. The summed E-state index contributed by atoms with van der Waals surface area (Å²) in [6.45, 7) is 10.8. The van der Waals surface area contributed by atoms with Gasteiger partial charge in [0.05, 0.1) is 7.11 Å². The maximum Gasteiger partial charge on any atom is 0.118 e. The minimum Gasteiger partial charge on any atom is -0.497 e. The second-order valence-corrected chi connectivity index (χ2v) is 6.35. The predicted octanol–water partition coefficient (Wildman–Crippen LogP) is 2.56. The summed E-state index contributed by atoms with van der Waals surface area (Å²) in [5.74, 6) is 0.906. The fourth-order valence-electron chi connectivity index (χ4n) is 1.92. The molecule has 0 aromatic heterocycles. The third kappa shape index (κ3) is 4.84. The molecule has 2 N–H and O–H groups in total. The Morgan fingerprint density at radius 1 is 1.00 bits per heavy atom. The summed E-state index contributed by atoms with van der Waals surface area (Å²) < 4.78 is 5.20. The number of rotatable bonds is 7. The van der Waals surface area contributed by atoms with Crippen LogP contribution in [0, 0.1) is 0 Å². The number of nitrogens with one attached hydrogen (secondary N) is 2. The van der Waals surface area contributed by atoms with E-state index < -0.39 is 0 Å². The lowest BCUT2D eigenvalue weighted by molar-refractivity contribution is 0.367. The molecule has 0 spiro atoms. The zero-order valence-electron chi connectivity index (χ0n) is 13.1. The van der Waals surface area contributed by atoms with E-state index in [1.54, 1.807) is 7.11 Å². The monoisotopic (exact) mass is 264 g/mol. The van der Waals surface area contributed by atoms with E-state index in [9.17, 15) is 0 Å². The quantitative estimate of drug-likeness (QED) is 0.794. The first-order chi connectivity index (χ1) is 8.80. The Bertz CT molecular complexity index is 382. The van der Waals surface area contributed by atoms with Gasteiger partial charge in [-0.2, -0.15) is 0 Å². The average Bonchev–Trinajstić information content (AvgIpc) is 2.38. The Labute approximate surface area is 117 Å². The van der Waals surface area contributed by atoms with Crippen molar-refractivity contribution in [1.29, 1.82) is 0 Å². The number of hydrogen-bond donors (Lipinski definition) is 2. The summed E-state index contributed by atoms with van der Waals surface area (Å²) in [6.07, 6.45) is 0. The van der Waals surface area contributed by atoms with Gasteiger partial charge in [0.1, 0.15) is 5.75 Å². The minimum atomic E-state index is 0.107. The van der Waals surface area contributed by atoms with Crippen LogP contribution in [-0.4, -0.2) is 32.8 Å². The Hall–Kier alpha value is -1.06. The molecule has 0 bridgehead atoms. The molecule has 0 unspecified atom stereocenters. The van der Waals surface area contributed by atoms with Gasteiger partial charge in [0.2, 0.25) is 0 Å². The van der Waals surface area contributed by atoms with E-state index in [2.05, 4.69) is 50.5 Å². The summed E-state index contributed by atoms with van der Waals surface area (Å²) >= 11 is 0. The second kappa shape index (κ2) is 6.40. The lowest BCUT2D eigenvalue weighted by atomic mass is 9.84. The van der Waals surface area contributed by atoms with Gasteiger partial charge in [0, 0.05) is 24.0 Å². The van der Waals surface area contributed by atoms with Crippen molar-refractivity contribution >= 4 is 0 Å². The fourth-order valence-corrected chi connectivity index (χ4v) is 1.92. The van der Waals surface area contributed by atoms with E-state index >= 15 is 0 Å². The van der Waals surface area contributed by atoms with Crippen molar-refractivity contribution < 1.29 is 4.74 Å². The van der Waals surface area contributed by atoms with E-state index in [4.69, 9.17) is 4.74 Å². The van der Waals surface area contributed by atoms with Crippen LogP contribution in [-0.2, 0) is 5.41 Å². The summed E-state index contributed by atoms with van der Waals surface area (Å²) in [6, 6.07) is 8.33. The van der Waals surface area contributed by atoms with Crippen LogP contribution in [0.4, 0.5) is 0 Å². The van der Waals surface area contributed by atoms with Crippen molar-refractivity contribution in [2.24, 2.45) is 0 Å². The van der Waals surface area contributed by atoms with Crippen molar-refractivity contribution in [2.75, 3.05) is 27.2 Å². The van der Waals surface area contributed by atoms with Gasteiger partial charge in [-0.3, -0.25) is 0 Å². The smallest absolute Gasteiger partial charge is 0.118 e. The van der Waals surface area contributed by atoms with Gasteiger partial charge in [0.15, 0.2) is 0 Å². The Morgan fingerprint density at radius 2 is 1.58 bits per heavy atom. The van der Waals surface area contributed by atoms with Crippen LogP contribution in [0.1, 0.15) is 33.3 Å². The molecule has 0 saturated carbocycles. The summed E-state index contributed by atoms with van der Waals surface area (Å²) in [7, 11) is 3.69. The molecule has 1 aromatic rings. The van der Waals surface area contributed by atoms with Crippen molar-refractivity contribution in [3.63, 3.8) is 0 Å². The van der Waals surface area contributed by atoms with Crippen LogP contribution in [0.5, 0.6) is 5.75 Å². The van der Waals surface area contributed by atoms with Gasteiger partial charge < -0.3 is 15.4 Å². The average molecular weight is 264 g/mol. The highest BCUT2D eigenvalue weighted by molar-refractivity contribution is 5.31. The summed E-state index contributed by atoms with van der Waals surface area (Å²) in [5, 5.41) is 6.85. The maximum absolute atomic E-state index is 5.20. The van der Waals surface area contributed by atoms with Gasteiger partial charge in [0.25, 0.3) is 0 Å². The van der Waals surface area contributed by atoms with Crippen LogP contribution in [0.2, 0.25) is 0 Å². The first-order valence-corrected chi connectivity index (χ1v) is 6.85. The van der Waals surface area contributed by atoms with E-state index in [1.165, 1.54) is 5.56 Å². The number of ether oxygens (including phenoxy) is 1. The first-order valence-electron chi connectivity index (χ1n) is 6.85. The van der Waals surface area contributed by atoms with E-state index in [-0.39, 0.29) is 11.0 Å². The maximum atomic E-state index is 5.20. The largest absolute Gasteiger partial charge is 0.497 e. The van der Waals surface area contributed by atoms with E-state index in [0.29, 0.717) is 0 Å². The van der Waals surface area contributed by atoms with Gasteiger partial charge in [-0.15, -0.1) is 0 Å². The highest BCUT2D eigenvalue weighted by Crippen LogP contribution is 2.24. The molecule has 108 valence electrons. The molecule has 1 rings (SSSR count). The van der Waals surface area contributed by atoms with Gasteiger partial charge in [-0.05, 0) is 38.6 Å². The van der Waals surface area contributed by atoms with Crippen LogP contribution in [0.3, 0.4) is 0 Å². The van der Waals surface area contributed by atoms with Crippen LogP contribution < -0.4 is 15.4 Å². The third-order valence-corrected chi connectivity index (χ3v) is 3.68. The molecule has 3 heteroatoms. The van der Waals surface area contributed by atoms with E-state index in [0.717, 1.165) is 18.8 Å². The molecular weight excluding hydrogens is 236 g/mol. The Morgan fingerprint density at radius 3 is 2.05 bits per heavy atom. The molecule has 0 aliphatic carbocycles. The van der Waals surface area contributed by atoms with Crippen LogP contribution in [0.25, 0.3) is 0 Å². The predicted molar refractivity (Wildman–Crippen MR) is 82.0 cm³/mol. The third-order valence-electron chi connectivity index (χ3n) is 3.68. The lowest BCUT2D eigenvalue weighted by Crippen LogP contribution is -2.48. The highest BCUT2D eigenvalue weighted by Gasteiger charge is 2.22. The number of methoxy groups -OCH3 is 1. The zero-order chi connectivity index (χ0) is 14.5. The van der Waals surface area contributed by atoms with Crippen molar-refractivity contribution in [3.05, 3.63) is 29.8 Å². The van der Waals surface area contributed by atoms with Gasteiger partial charge in [-0.1, -0.05) is 26.0 Å². The summed E-state index contributed by atoms with van der Waals surface area (Å²) in [5.41, 5.74) is 1.55. The topological polar surface area (TPSA) is 33.3 Å². The molecule has 19 heavy (non-hydrogen) atoms. The molecule has 0 aliphatic rings. The van der Waals surface area contributed by atoms with Crippen LogP contribution in [0.15, 0.2) is 24.3 Å². The second-order valence-electron chi connectivity index (χ2n) is 6.35. The summed E-state index contributed by atoms with van der Waals surface area (Å²) in [4.78, 5) is 0. The van der Waals surface area contributed by atoms with Gasteiger partial charge >= 0.3 is 0 Å². The molecule has 0 amide bonds. The molecular formula is C16H28N2O. The highest BCUT2D eigenvalue weighted by atomic mass is 16.5. The number of benzene rings is 1. The standard InChI is InChI=1S/C16H28N2O/c1-15(2,11-18-12-16(3,4)17-5)13-7-9-14(19-6)10-8-13/h7-10,17-18H,11-12H2,1-6H3. The van der Waals surface area contributed by atoms with Crippen LogP contribution >= 0.6 is 0 Å². The molecule has 0 radical (unpaired) electrons. The van der Waals surface area contributed by atoms with Crippen molar-refractivity contribution in [1.82, 2.24) is 10.6 Å². The molecule has 0 atom stereocenters. The molecule has 3 nitrogen and oxygen atoms in total. The number of hydrogen-bond acceptors (Lipinski definition) is 3. The zero-order valence-corrected chi connectivity index (χ0v) is 13.1. The molecule has 0 saturated heterocycles. The molecule has 0 aliphatic heterocycles. The number of likely N-dealkylation sites (N-methyl/N-ethyl adjacent to an activating group) is 1.